The third-order valence-electron chi connectivity index (χ3n) is 6.57. The van der Waals surface area contributed by atoms with Gasteiger partial charge in [-0.25, -0.2) is 8.42 Å². The molecule has 0 saturated carbocycles. The number of hydrogen-bond acceptors (Lipinski definition) is 5. The van der Waals surface area contributed by atoms with Gasteiger partial charge in [-0.2, -0.15) is 4.31 Å². The zero-order valence-electron chi connectivity index (χ0n) is 19.6. The lowest BCUT2D eigenvalue weighted by atomic mass is 10.0. The SMILES string of the molecule is COc1ccccc1CNC(=O)CN1C(=O)CCc2cc(S(=O)(=O)N3CCCC[C@H]3C)ccc21. The van der Waals surface area contributed by atoms with Crippen LogP contribution in [0.15, 0.2) is 47.4 Å². The molecule has 9 heteroatoms. The second-order valence-electron chi connectivity index (χ2n) is 8.82. The minimum absolute atomic E-state index is 0.0280. The highest BCUT2D eigenvalue weighted by atomic mass is 32.2. The van der Waals surface area contributed by atoms with Gasteiger partial charge in [-0.05, 0) is 56.0 Å². The zero-order valence-corrected chi connectivity index (χ0v) is 20.4. The molecule has 34 heavy (non-hydrogen) atoms. The average Bonchev–Trinajstić information content (AvgIpc) is 2.84. The van der Waals surface area contributed by atoms with E-state index in [0.717, 1.165) is 30.4 Å². The highest BCUT2D eigenvalue weighted by Gasteiger charge is 2.33. The lowest BCUT2D eigenvalue weighted by molar-refractivity contribution is -0.124. The number of ether oxygens (including phenoxy) is 1. The second kappa shape index (κ2) is 10.1. The molecule has 0 radical (unpaired) electrons. The summed E-state index contributed by atoms with van der Waals surface area (Å²) in [6, 6.07) is 12.2. The molecule has 2 heterocycles. The zero-order chi connectivity index (χ0) is 24.3. The Morgan fingerprint density at radius 1 is 1.15 bits per heavy atom. The van der Waals surface area contributed by atoms with Crippen molar-refractivity contribution in [1.82, 2.24) is 9.62 Å². The Labute approximate surface area is 200 Å². The van der Waals surface area contributed by atoms with Crippen molar-refractivity contribution in [3.63, 3.8) is 0 Å². The van der Waals surface area contributed by atoms with Crippen LogP contribution in [0.25, 0.3) is 0 Å². The molecule has 0 aromatic heterocycles. The number of piperidine rings is 1. The van der Waals surface area contributed by atoms with Crippen LogP contribution in [0.3, 0.4) is 0 Å². The molecule has 2 aromatic carbocycles. The molecule has 1 N–H and O–H groups in total. The van der Waals surface area contributed by atoms with E-state index in [-0.39, 0.29) is 42.3 Å². The number of nitrogens with one attached hydrogen (secondary N) is 1. The summed E-state index contributed by atoms with van der Waals surface area (Å²) in [5, 5.41) is 2.84. The molecular weight excluding hydrogens is 454 g/mol. The van der Waals surface area contributed by atoms with E-state index in [1.54, 1.807) is 29.6 Å². The van der Waals surface area contributed by atoms with Gasteiger partial charge in [0.1, 0.15) is 12.3 Å². The number of methoxy groups -OCH3 is 1. The van der Waals surface area contributed by atoms with E-state index in [1.807, 2.05) is 31.2 Å². The van der Waals surface area contributed by atoms with Gasteiger partial charge in [0, 0.05) is 36.8 Å². The number of aryl methyl sites for hydroxylation is 1. The quantitative estimate of drug-likeness (QED) is 0.651. The first-order valence-corrected chi connectivity index (χ1v) is 13.1. The summed E-state index contributed by atoms with van der Waals surface area (Å²) in [5.41, 5.74) is 2.20. The van der Waals surface area contributed by atoms with E-state index in [9.17, 15) is 18.0 Å². The van der Waals surface area contributed by atoms with Crippen molar-refractivity contribution in [2.45, 2.75) is 56.5 Å². The van der Waals surface area contributed by atoms with Crippen LogP contribution in [0.1, 0.15) is 43.7 Å². The number of amides is 2. The molecular formula is C25H31N3O5S. The van der Waals surface area contributed by atoms with E-state index in [1.165, 1.54) is 4.90 Å². The standard InChI is InChI=1S/C25H31N3O5S/c1-18-7-5-6-14-28(18)34(31,32)21-11-12-22-19(15-21)10-13-25(30)27(22)17-24(29)26-16-20-8-3-4-9-23(20)33-2/h3-4,8-9,11-12,15,18H,5-7,10,13-14,16-17H2,1-2H3,(H,26,29)/t18-/m1/s1. The maximum atomic E-state index is 13.3. The van der Waals surface area contributed by atoms with E-state index < -0.39 is 10.0 Å². The lowest BCUT2D eigenvalue weighted by Gasteiger charge is -2.33. The number of fused-ring (bicyclic) bond motifs is 1. The topological polar surface area (TPSA) is 96.0 Å². The molecule has 0 aliphatic carbocycles. The largest absolute Gasteiger partial charge is 0.496 e. The number of benzene rings is 2. The van der Waals surface area contributed by atoms with Crippen LogP contribution < -0.4 is 15.0 Å². The first-order valence-electron chi connectivity index (χ1n) is 11.6. The predicted molar refractivity (Wildman–Crippen MR) is 129 cm³/mol. The maximum absolute atomic E-state index is 13.3. The van der Waals surface area contributed by atoms with Crippen LogP contribution in [0.5, 0.6) is 5.75 Å². The monoisotopic (exact) mass is 485 g/mol. The molecule has 0 spiro atoms. The van der Waals surface area contributed by atoms with Gasteiger partial charge in [0.25, 0.3) is 0 Å². The van der Waals surface area contributed by atoms with Crippen LogP contribution in [0.4, 0.5) is 5.69 Å². The van der Waals surface area contributed by atoms with Crippen LogP contribution in [0, 0.1) is 0 Å². The van der Waals surface area contributed by atoms with E-state index in [4.69, 9.17) is 4.74 Å². The molecule has 1 atom stereocenters. The number of anilines is 1. The number of carbonyl (C=O) groups excluding carboxylic acids is 2. The molecule has 182 valence electrons. The maximum Gasteiger partial charge on any atom is 0.243 e. The van der Waals surface area contributed by atoms with Gasteiger partial charge in [0.2, 0.25) is 21.8 Å². The normalized spacial score (nSPS) is 18.9. The van der Waals surface area contributed by atoms with Crippen molar-refractivity contribution in [3.8, 4) is 5.75 Å². The second-order valence-corrected chi connectivity index (χ2v) is 10.7. The van der Waals surface area contributed by atoms with Crippen LogP contribution in [-0.4, -0.2) is 50.8 Å². The fraction of sp³-hybridized carbons (Fsp3) is 0.440. The lowest BCUT2D eigenvalue weighted by Crippen LogP contribution is -2.43. The van der Waals surface area contributed by atoms with Gasteiger partial charge in [0.05, 0.1) is 12.0 Å². The number of rotatable bonds is 7. The summed E-state index contributed by atoms with van der Waals surface area (Å²) in [6.07, 6.45) is 3.44. The van der Waals surface area contributed by atoms with E-state index in [0.29, 0.717) is 24.4 Å². The smallest absolute Gasteiger partial charge is 0.243 e. The van der Waals surface area contributed by atoms with Crippen LogP contribution >= 0.6 is 0 Å². The predicted octanol–water partition coefficient (Wildman–Crippen LogP) is 2.85. The third-order valence-corrected chi connectivity index (χ3v) is 8.58. The van der Waals surface area contributed by atoms with Gasteiger partial charge in [0.15, 0.2) is 0 Å². The third kappa shape index (κ3) is 4.95. The number of sulfonamides is 1. The van der Waals surface area contributed by atoms with E-state index in [2.05, 4.69) is 5.32 Å². The summed E-state index contributed by atoms with van der Waals surface area (Å²) in [7, 11) is -2.03. The Morgan fingerprint density at radius 3 is 2.71 bits per heavy atom. The highest BCUT2D eigenvalue weighted by Crippen LogP contribution is 2.32. The summed E-state index contributed by atoms with van der Waals surface area (Å²) in [5.74, 6) is 0.227. The summed E-state index contributed by atoms with van der Waals surface area (Å²) < 4.78 is 33.4. The Kier molecular flexibility index (Phi) is 7.23. The van der Waals surface area contributed by atoms with Crippen molar-refractivity contribution in [2.24, 2.45) is 0 Å². The molecule has 2 aliphatic rings. The van der Waals surface area contributed by atoms with Gasteiger partial charge in [-0.15, -0.1) is 0 Å². The Hall–Kier alpha value is -2.91. The van der Waals surface area contributed by atoms with Crippen LogP contribution in [0.2, 0.25) is 0 Å². The average molecular weight is 486 g/mol. The number of nitrogens with zero attached hydrogens (tertiary/aromatic N) is 2. The Morgan fingerprint density at radius 2 is 1.94 bits per heavy atom. The number of carbonyl (C=O) groups is 2. The molecule has 2 aliphatic heterocycles. The minimum atomic E-state index is -3.61. The van der Waals surface area contributed by atoms with Crippen molar-refractivity contribution in [1.29, 1.82) is 0 Å². The van der Waals surface area contributed by atoms with Gasteiger partial charge >= 0.3 is 0 Å². The first-order chi connectivity index (χ1) is 16.3. The number of para-hydroxylation sites is 1. The molecule has 1 saturated heterocycles. The molecule has 4 rings (SSSR count). The highest BCUT2D eigenvalue weighted by molar-refractivity contribution is 7.89. The molecule has 2 amide bonds. The molecule has 0 unspecified atom stereocenters. The van der Waals surface area contributed by atoms with Crippen molar-refractivity contribution >= 4 is 27.5 Å². The summed E-state index contributed by atoms with van der Waals surface area (Å²) >= 11 is 0. The fourth-order valence-corrected chi connectivity index (χ4v) is 6.43. The molecule has 8 nitrogen and oxygen atoms in total. The van der Waals surface area contributed by atoms with Crippen molar-refractivity contribution in [3.05, 3.63) is 53.6 Å². The van der Waals surface area contributed by atoms with E-state index >= 15 is 0 Å². The van der Waals surface area contributed by atoms with Gasteiger partial charge in [-0.3, -0.25) is 9.59 Å². The van der Waals surface area contributed by atoms with Crippen molar-refractivity contribution in [2.75, 3.05) is 25.1 Å². The summed E-state index contributed by atoms with van der Waals surface area (Å²) in [6.45, 7) is 2.62. The summed E-state index contributed by atoms with van der Waals surface area (Å²) in [4.78, 5) is 27.0. The first kappa shape index (κ1) is 24.2. The molecule has 1 fully saturated rings. The molecule has 0 bridgehead atoms. The minimum Gasteiger partial charge on any atom is -0.496 e. The Bertz CT molecular complexity index is 1180. The Balaban J connectivity index is 1.49. The molecule has 2 aromatic rings. The van der Waals surface area contributed by atoms with Crippen LogP contribution in [-0.2, 0) is 32.6 Å². The van der Waals surface area contributed by atoms with Crippen molar-refractivity contribution < 1.29 is 22.7 Å². The van der Waals surface area contributed by atoms with Gasteiger partial charge < -0.3 is 15.0 Å². The number of hydrogen-bond donors (Lipinski definition) is 1. The fourth-order valence-electron chi connectivity index (χ4n) is 4.68. The van der Waals surface area contributed by atoms with Gasteiger partial charge in [-0.1, -0.05) is 24.6 Å².